The van der Waals surface area contributed by atoms with Crippen LogP contribution in [0.5, 0.6) is 11.5 Å². The van der Waals surface area contributed by atoms with Gasteiger partial charge in [0.1, 0.15) is 5.82 Å². The van der Waals surface area contributed by atoms with E-state index in [0.29, 0.717) is 28.4 Å². The van der Waals surface area contributed by atoms with Gasteiger partial charge in [0.05, 0.1) is 6.85 Å². The molecule has 0 fully saturated rings. The number of benzene rings is 9. The van der Waals surface area contributed by atoms with Crippen LogP contribution in [0.4, 0.5) is 22.7 Å². The molecule has 79 heavy (non-hydrogen) atoms. The molecule has 1 aliphatic rings. The van der Waals surface area contributed by atoms with E-state index in [9.17, 15) is 0 Å². The Bertz CT molecular complexity index is 4150. The number of hydrogen-bond acceptors (Lipinski definition) is 4. The molecular weight excluding hydrogens is 1160 g/mol. The molecule has 0 unspecified atom stereocenters. The van der Waals surface area contributed by atoms with Crippen molar-refractivity contribution in [2.75, 3.05) is 9.80 Å². The second-order valence-corrected chi connectivity index (χ2v) is 27.3. The summed E-state index contributed by atoms with van der Waals surface area (Å²) < 4.78 is 53.2. The van der Waals surface area contributed by atoms with Crippen LogP contribution < -0.4 is 35.3 Å². The molecule has 0 amide bonds. The Kier molecular flexibility index (Phi) is 12.4. The van der Waals surface area contributed by atoms with E-state index in [1.165, 1.54) is 20.7 Å². The van der Waals surface area contributed by atoms with E-state index in [0.717, 1.165) is 55.7 Å². The van der Waals surface area contributed by atoms with Crippen LogP contribution >= 0.6 is 0 Å². The van der Waals surface area contributed by atoms with Crippen molar-refractivity contribution in [3.63, 3.8) is 0 Å². The summed E-state index contributed by atoms with van der Waals surface area (Å²) in [4.78, 5) is 9.16. The summed E-state index contributed by atoms with van der Waals surface area (Å²) >= 11 is 0. The van der Waals surface area contributed by atoms with Crippen LogP contribution in [0.1, 0.15) is 85.9 Å². The molecule has 1 aliphatic heterocycles. The van der Waals surface area contributed by atoms with Gasteiger partial charge in [-0.2, -0.15) is 12.1 Å². The standard InChI is InChI=1S/C72H65N4OSi.Pt/c1-70(2,3)51-40-41-73-68(45-51)76-65-39-37-61(78(58-28-16-11-17-29-58,59-30-18-12-19-31-59)60-32-20-13-21-33-60)48-64(65)63-38-36-57(47-67(63)76)77-56-27-22-26-54(46-56)74-49-75(55-43-52(71(4,5)6)42-53(44-55)72(7,8)9)69-62(34-23-35-66(69)74)50-24-14-10-15-25-50;/h10-45,48-49H,1-9H3;/q-3;/i10D,14D,15D,24D,25D;. The zero-order valence-electron chi connectivity index (χ0n) is 51.1. The van der Waals surface area contributed by atoms with Crippen molar-refractivity contribution >= 4 is 73.4 Å². The summed E-state index contributed by atoms with van der Waals surface area (Å²) in [5, 5.41) is 7.23. The molecule has 9 aromatic carbocycles. The Morgan fingerprint density at radius 2 is 1.11 bits per heavy atom. The van der Waals surface area contributed by atoms with Crippen molar-refractivity contribution in [1.82, 2.24) is 9.55 Å². The number of hydrogen-bond donors (Lipinski definition) is 0. The molecule has 5 nitrogen and oxygen atoms in total. The maximum atomic E-state index is 9.15. The van der Waals surface area contributed by atoms with Crippen molar-refractivity contribution in [3.8, 4) is 28.4 Å². The van der Waals surface area contributed by atoms with Gasteiger partial charge in [-0.1, -0.05) is 219 Å². The molecule has 11 aromatic rings. The molecule has 0 N–H and O–H groups in total. The van der Waals surface area contributed by atoms with Crippen LogP contribution in [0, 0.1) is 18.8 Å². The van der Waals surface area contributed by atoms with Crippen molar-refractivity contribution < 1.29 is 32.7 Å². The molecule has 0 spiro atoms. The van der Waals surface area contributed by atoms with Crippen LogP contribution in [-0.4, -0.2) is 17.6 Å². The van der Waals surface area contributed by atoms with Gasteiger partial charge in [-0.15, -0.1) is 48.1 Å². The predicted octanol–water partition coefficient (Wildman–Crippen LogP) is 15.9. The fourth-order valence-corrected chi connectivity index (χ4v) is 15.9. The minimum absolute atomic E-state index is 0. The van der Waals surface area contributed by atoms with Gasteiger partial charge in [-0.05, 0) is 101 Å². The number of para-hydroxylation sites is 1. The normalized spacial score (nSPS) is 13.8. The molecule has 7 heteroatoms. The summed E-state index contributed by atoms with van der Waals surface area (Å²) in [6.45, 7) is 21.9. The quantitative estimate of drug-likeness (QED) is 0.0776. The molecule has 3 heterocycles. The number of fused-ring (bicyclic) bond motifs is 4. The second-order valence-electron chi connectivity index (χ2n) is 23.5. The summed E-state index contributed by atoms with van der Waals surface area (Å²) in [5.41, 5.74) is 8.32. The number of pyridine rings is 1. The number of nitrogens with zero attached hydrogens (tertiary/aromatic N) is 4. The minimum atomic E-state index is -2.90. The van der Waals surface area contributed by atoms with Gasteiger partial charge >= 0.3 is 0 Å². The third-order valence-corrected chi connectivity index (χ3v) is 20.0. The summed E-state index contributed by atoms with van der Waals surface area (Å²) in [6, 6.07) is 72.1. The van der Waals surface area contributed by atoms with E-state index in [2.05, 4.69) is 230 Å². The van der Waals surface area contributed by atoms with Crippen LogP contribution in [0.15, 0.2) is 224 Å². The van der Waals surface area contributed by atoms with Crippen molar-refractivity contribution in [1.29, 1.82) is 0 Å². The molecular formula is C72H65N4OPtSi-3. The third-order valence-electron chi connectivity index (χ3n) is 15.2. The maximum Gasteiger partial charge on any atom is 0.179 e. The van der Waals surface area contributed by atoms with E-state index < -0.39 is 14.1 Å². The van der Waals surface area contributed by atoms with E-state index in [1.54, 1.807) is 0 Å². The van der Waals surface area contributed by atoms with Gasteiger partial charge in [0.15, 0.2) is 8.07 Å². The topological polar surface area (TPSA) is 33.5 Å². The Hall–Kier alpha value is -7.76. The van der Waals surface area contributed by atoms with Crippen molar-refractivity contribution in [2.24, 2.45) is 0 Å². The average molecular weight is 1230 g/mol. The Labute approximate surface area is 489 Å². The summed E-state index contributed by atoms with van der Waals surface area (Å²) in [7, 11) is -2.90. The van der Waals surface area contributed by atoms with Gasteiger partial charge in [0, 0.05) is 66.9 Å². The monoisotopic (exact) mass is 1230 g/mol. The molecule has 0 radical (unpaired) electrons. The van der Waals surface area contributed by atoms with E-state index in [-0.39, 0.29) is 67.0 Å². The Morgan fingerprint density at radius 1 is 0.519 bits per heavy atom. The van der Waals surface area contributed by atoms with E-state index in [1.807, 2.05) is 60.2 Å². The van der Waals surface area contributed by atoms with Gasteiger partial charge in [0.25, 0.3) is 0 Å². The second kappa shape index (κ2) is 20.8. The first-order chi connectivity index (χ1) is 39.6. The minimum Gasteiger partial charge on any atom is -0.509 e. The first-order valence-electron chi connectivity index (χ1n) is 29.3. The largest absolute Gasteiger partial charge is 0.509 e. The molecule has 0 saturated carbocycles. The molecule has 2 aromatic heterocycles. The summed E-state index contributed by atoms with van der Waals surface area (Å²) in [6.07, 6.45) is 1.90. The SMILES string of the molecule is [2H]c1c([2H])c([2H])c(-c2cccc3c2N(c2cc(C(C)(C)C)cc(C(C)(C)C)c2)[CH-]N3c2[c-]c(Oc3[c-]c4c(cc3)c3cc([Si](c5ccccc5)(c5ccccc5)c5ccccc5)ccc3n4-c3cc(C(C)(C)C)ccn3)ccc2)c([2H])c1[2H].[Pt]. The molecule has 0 saturated heterocycles. The van der Waals surface area contributed by atoms with Crippen LogP contribution in [0.2, 0.25) is 0 Å². The van der Waals surface area contributed by atoms with Crippen molar-refractivity contribution in [2.45, 2.75) is 78.6 Å². The van der Waals surface area contributed by atoms with Gasteiger partial charge < -0.3 is 19.1 Å². The number of anilines is 4. The summed E-state index contributed by atoms with van der Waals surface area (Å²) in [5.74, 6) is 1.73. The van der Waals surface area contributed by atoms with Crippen LogP contribution in [0.3, 0.4) is 0 Å². The number of ether oxygens (including phenoxy) is 1. The van der Waals surface area contributed by atoms with Gasteiger partial charge in [0.2, 0.25) is 0 Å². The van der Waals surface area contributed by atoms with E-state index in [4.69, 9.17) is 16.6 Å². The molecule has 396 valence electrons. The van der Waals surface area contributed by atoms with Gasteiger partial charge in [-0.3, -0.25) is 0 Å². The zero-order valence-corrected chi connectivity index (χ0v) is 49.3. The Morgan fingerprint density at radius 3 is 1.72 bits per heavy atom. The third kappa shape index (κ3) is 9.85. The van der Waals surface area contributed by atoms with Gasteiger partial charge in [-0.25, -0.2) is 4.98 Å². The van der Waals surface area contributed by atoms with Crippen LogP contribution in [-0.2, 0) is 37.3 Å². The number of aromatic nitrogens is 2. The fourth-order valence-electron chi connectivity index (χ4n) is 11.1. The average Bonchev–Trinajstić information content (AvgIpc) is 1.69. The van der Waals surface area contributed by atoms with E-state index >= 15 is 0 Å². The number of rotatable bonds is 10. The molecule has 0 aliphatic carbocycles. The van der Waals surface area contributed by atoms with Crippen LogP contribution in [0.25, 0.3) is 38.8 Å². The fraction of sp³-hybridized carbons (Fsp3) is 0.167. The Balaban J connectivity index is 0.00000736. The molecule has 0 atom stereocenters. The smallest absolute Gasteiger partial charge is 0.179 e. The molecule has 0 bridgehead atoms. The maximum absolute atomic E-state index is 9.15. The first-order valence-corrected chi connectivity index (χ1v) is 28.8. The first kappa shape index (κ1) is 47.3. The molecule has 12 rings (SSSR count). The zero-order chi connectivity index (χ0) is 58.3. The van der Waals surface area contributed by atoms with Crippen molar-refractivity contribution in [3.05, 3.63) is 260 Å². The predicted molar refractivity (Wildman–Crippen MR) is 329 cm³/mol.